The molecule has 4 heterocycles. The minimum Gasteiger partial charge on any atom is -0.377 e. The SMILES string of the molecule is CSNC(=O)c1nc(Cl)ccc1NC(C)c1cc(C)cc2c(=O)n(C)c(-c3ccc(N4CCN(C)CC4)nc3)nc12. The van der Waals surface area contributed by atoms with Crippen LogP contribution >= 0.6 is 23.5 Å². The lowest BCUT2D eigenvalue weighted by Crippen LogP contribution is -2.44. The molecule has 1 aliphatic rings. The molecule has 0 bridgehead atoms. The van der Waals surface area contributed by atoms with E-state index in [-0.39, 0.29) is 28.4 Å². The van der Waals surface area contributed by atoms with E-state index in [0.29, 0.717) is 22.4 Å². The van der Waals surface area contributed by atoms with Crippen molar-refractivity contribution in [3.63, 3.8) is 0 Å². The fraction of sp³-hybridized carbons (Fsp3) is 0.345. The van der Waals surface area contributed by atoms with Crippen molar-refractivity contribution in [2.75, 3.05) is 49.7 Å². The highest BCUT2D eigenvalue weighted by Crippen LogP contribution is 2.30. The summed E-state index contributed by atoms with van der Waals surface area (Å²) in [7, 11) is 3.86. The molecule has 1 atom stereocenters. The topological polar surface area (TPSA) is 108 Å². The van der Waals surface area contributed by atoms with Crippen molar-refractivity contribution >= 4 is 51.9 Å². The number of aromatic nitrogens is 4. The Bertz CT molecular complexity index is 1650. The Balaban J connectivity index is 1.53. The number of rotatable bonds is 7. The summed E-state index contributed by atoms with van der Waals surface area (Å²) in [6.45, 7) is 7.75. The van der Waals surface area contributed by atoms with Crippen molar-refractivity contribution < 1.29 is 4.79 Å². The van der Waals surface area contributed by atoms with E-state index in [1.165, 1.54) is 11.9 Å². The van der Waals surface area contributed by atoms with Gasteiger partial charge in [0.2, 0.25) is 0 Å². The van der Waals surface area contributed by atoms with Gasteiger partial charge in [0.05, 0.1) is 22.6 Å². The Morgan fingerprint density at radius 3 is 2.51 bits per heavy atom. The number of hydrogen-bond donors (Lipinski definition) is 2. The molecule has 0 radical (unpaired) electrons. The van der Waals surface area contributed by atoms with E-state index in [4.69, 9.17) is 21.6 Å². The number of carbonyl (C=O) groups is 1. The average molecular weight is 593 g/mol. The van der Waals surface area contributed by atoms with Gasteiger partial charge >= 0.3 is 0 Å². The number of hydrogen-bond acceptors (Lipinski definition) is 9. The molecule has 0 saturated carbocycles. The third-order valence-electron chi connectivity index (χ3n) is 7.30. The number of halogens is 1. The van der Waals surface area contributed by atoms with Crippen molar-refractivity contribution in [1.82, 2.24) is 29.1 Å². The van der Waals surface area contributed by atoms with E-state index < -0.39 is 0 Å². The molecule has 1 fully saturated rings. The van der Waals surface area contributed by atoms with Crippen molar-refractivity contribution in [2.24, 2.45) is 7.05 Å². The van der Waals surface area contributed by atoms with Crippen LogP contribution in [0.4, 0.5) is 11.5 Å². The summed E-state index contributed by atoms with van der Waals surface area (Å²) in [5.41, 5.74) is 3.68. The number of aryl methyl sites for hydroxylation is 1. The Labute approximate surface area is 248 Å². The van der Waals surface area contributed by atoms with Crippen LogP contribution in [0.15, 0.2) is 47.4 Å². The lowest BCUT2D eigenvalue weighted by Gasteiger charge is -2.33. The second-order valence-corrected chi connectivity index (χ2v) is 11.3. The summed E-state index contributed by atoms with van der Waals surface area (Å²) in [6.07, 6.45) is 3.54. The predicted octanol–water partition coefficient (Wildman–Crippen LogP) is 4.29. The first-order valence-electron chi connectivity index (χ1n) is 13.3. The van der Waals surface area contributed by atoms with Gasteiger partial charge in [0.25, 0.3) is 11.5 Å². The molecule has 0 spiro atoms. The fourth-order valence-electron chi connectivity index (χ4n) is 5.06. The number of anilines is 2. The molecule has 1 aromatic carbocycles. The van der Waals surface area contributed by atoms with Crippen molar-refractivity contribution in [3.8, 4) is 11.4 Å². The second-order valence-electron chi connectivity index (χ2n) is 10.3. The minimum absolute atomic E-state index is 0.140. The van der Waals surface area contributed by atoms with Gasteiger partial charge in [-0.05, 0) is 56.8 Å². The summed E-state index contributed by atoms with van der Waals surface area (Å²) in [5.74, 6) is 1.09. The molecule has 5 rings (SSSR count). The van der Waals surface area contributed by atoms with E-state index in [0.717, 1.165) is 48.7 Å². The van der Waals surface area contributed by atoms with Gasteiger partial charge in [-0.3, -0.25) is 18.9 Å². The number of carbonyl (C=O) groups excluding carboxylic acids is 1. The molecule has 4 aromatic rings. The van der Waals surface area contributed by atoms with Crippen molar-refractivity contribution in [2.45, 2.75) is 19.9 Å². The molecule has 214 valence electrons. The normalized spacial score (nSPS) is 14.7. The molecule has 1 unspecified atom stereocenters. The van der Waals surface area contributed by atoms with E-state index in [1.54, 1.807) is 36.2 Å². The minimum atomic E-state index is -0.356. The Hall–Kier alpha value is -3.67. The van der Waals surface area contributed by atoms with Gasteiger partial charge < -0.3 is 15.1 Å². The number of nitrogens with zero attached hydrogens (tertiary/aromatic N) is 6. The van der Waals surface area contributed by atoms with Gasteiger partial charge in [0.15, 0.2) is 5.69 Å². The van der Waals surface area contributed by atoms with E-state index >= 15 is 0 Å². The number of fused-ring (bicyclic) bond motifs is 1. The zero-order chi connectivity index (χ0) is 29.3. The molecule has 0 aliphatic carbocycles. The van der Waals surface area contributed by atoms with Crippen LogP contribution in [0, 0.1) is 6.92 Å². The maximum Gasteiger partial charge on any atom is 0.281 e. The lowest BCUT2D eigenvalue weighted by molar-refractivity contribution is 0.0980. The first-order chi connectivity index (χ1) is 19.7. The fourth-order valence-corrected chi connectivity index (χ4v) is 5.49. The summed E-state index contributed by atoms with van der Waals surface area (Å²) in [6, 6.07) is 10.9. The molecule has 1 amide bonds. The molecular weight excluding hydrogens is 560 g/mol. The second kappa shape index (κ2) is 12.1. The first-order valence-corrected chi connectivity index (χ1v) is 14.9. The van der Waals surface area contributed by atoms with Gasteiger partial charge in [-0.2, -0.15) is 0 Å². The van der Waals surface area contributed by atoms with E-state index in [2.05, 4.69) is 31.9 Å². The smallest absolute Gasteiger partial charge is 0.281 e. The molecule has 41 heavy (non-hydrogen) atoms. The molecular formula is C29H33ClN8O2S. The standard InChI is InChI=1S/C29H33ClN8O2S/c1-17-14-20(18(2)32-22-7-8-23(30)33-26(22)28(39)35-41-5)25-21(15-17)29(40)37(4)27(34-25)19-6-9-24(31-16-19)38-12-10-36(3)11-13-38/h6-9,14-16,18,32H,10-13H2,1-5H3,(H,35,39). The van der Waals surface area contributed by atoms with Gasteiger partial charge in [0.1, 0.15) is 16.8 Å². The molecule has 10 nitrogen and oxygen atoms in total. The van der Waals surface area contributed by atoms with Crippen LogP contribution in [0.3, 0.4) is 0 Å². The quantitative estimate of drug-likeness (QED) is 0.240. The van der Waals surface area contributed by atoms with Crippen molar-refractivity contribution in [3.05, 3.63) is 74.9 Å². The van der Waals surface area contributed by atoms with Crippen LogP contribution in [0.25, 0.3) is 22.3 Å². The number of benzene rings is 1. The van der Waals surface area contributed by atoms with Gasteiger partial charge in [0, 0.05) is 56.8 Å². The zero-order valence-corrected chi connectivity index (χ0v) is 25.3. The maximum atomic E-state index is 13.6. The third-order valence-corrected chi connectivity index (χ3v) is 7.90. The van der Waals surface area contributed by atoms with Gasteiger partial charge in [-0.15, -0.1) is 0 Å². The highest BCUT2D eigenvalue weighted by molar-refractivity contribution is 7.97. The Morgan fingerprint density at radius 2 is 1.83 bits per heavy atom. The maximum absolute atomic E-state index is 13.6. The molecule has 3 aromatic heterocycles. The number of piperazine rings is 1. The number of nitrogens with one attached hydrogen (secondary N) is 2. The first kappa shape index (κ1) is 28.8. The zero-order valence-electron chi connectivity index (χ0n) is 23.7. The Morgan fingerprint density at radius 1 is 1.07 bits per heavy atom. The van der Waals surface area contributed by atoms with Crippen LogP contribution in [-0.2, 0) is 7.05 Å². The average Bonchev–Trinajstić information content (AvgIpc) is 2.96. The summed E-state index contributed by atoms with van der Waals surface area (Å²) >= 11 is 7.28. The van der Waals surface area contributed by atoms with Crippen LogP contribution in [0.1, 0.15) is 34.6 Å². The van der Waals surface area contributed by atoms with Crippen LogP contribution in [-0.4, -0.2) is 69.8 Å². The van der Waals surface area contributed by atoms with Crippen LogP contribution in [0.2, 0.25) is 5.15 Å². The van der Waals surface area contributed by atoms with E-state index in [9.17, 15) is 9.59 Å². The van der Waals surface area contributed by atoms with E-state index in [1.807, 2.05) is 38.1 Å². The van der Waals surface area contributed by atoms with Gasteiger partial charge in [-0.1, -0.05) is 29.6 Å². The lowest BCUT2D eigenvalue weighted by atomic mass is 10.0. The highest BCUT2D eigenvalue weighted by atomic mass is 35.5. The largest absolute Gasteiger partial charge is 0.377 e. The number of pyridine rings is 2. The van der Waals surface area contributed by atoms with Crippen LogP contribution < -0.4 is 20.5 Å². The monoisotopic (exact) mass is 592 g/mol. The van der Waals surface area contributed by atoms with Gasteiger partial charge in [-0.25, -0.2) is 15.0 Å². The number of likely N-dealkylation sites (N-methyl/N-ethyl adjacent to an activating group) is 1. The number of amides is 1. The molecule has 2 N–H and O–H groups in total. The summed E-state index contributed by atoms with van der Waals surface area (Å²) in [4.78, 5) is 44.8. The summed E-state index contributed by atoms with van der Waals surface area (Å²) in [5, 5.41) is 4.14. The van der Waals surface area contributed by atoms with Crippen molar-refractivity contribution in [1.29, 1.82) is 0 Å². The Kier molecular flexibility index (Phi) is 8.48. The molecule has 12 heteroatoms. The third kappa shape index (κ3) is 6.02. The molecule has 1 saturated heterocycles. The predicted molar refractivity (Wildman–Crippen MR) is 167 cm³/mol. The molecule has 1 aliphatic heterocycles. The highest BCUT2D eigenvalue weighted by Gasteiger charge is 2.21. The summed E-state index contributed by atoms with van der Waals surface area (Å²) < 4.78 is 4.27. The van der Waals surface area contributed by atoms with Crippen LogP contribution in [0.5, 0.6) is 0 Å².